The van der Waals surface area contributed by atoms with E-state index in [9.17, 15) is 9.59 Å². The molecule has 0 saturated carbocycles. The summed E-state index contributed by atoms with van der Waals surface area (Å²) in [7, 11) is 0. The topological polar surface area (TPSA) is 121 Å². The molecule has 0 saturated heterocycles. The number of nitrogen functional groups attached to an aromatic ring is 1. The van der Waals surface area contributed by atoms with Crippen molar-refractivity contribution in [3.63, 3.8) is 0 Å². The number of hydrogen-bond acceptors (Lipinski definition) is 8. The minimum atomic E-state index is -0.958. The van der Waals surface area contributed by atoms with Crippen LogP contribution < -0.4 is 10.6 Å². The Morgan fingerprint density at radius 2 is 1.58 bits per heavy atom. The number of imide groups is 1. The summed E-state index contributed by atoms with van der Waals surface area (Å²) in [6.07, 6.45) is -1.92. The van der Waals surface area contributed by atoms with E-state index in [4.69, 9.17) is 15.2 Å². The number of ether oxygens (including phenoxy) is 2. The SMILES string of the molecule is CCOC(=O)N(C(=O)OCC)c1nc(N)nc(-c2ccccc2)n1. The zero-order valence-corrected chi connectivity index (χ0v) is 13.3. The Labute approximate surface area is 138 Å². The standard InChI is InChI=1S/C15H17N5O4/c1-3-23-14(21)20(15(22)24-4-2)13-18-11(17-12(16)19-13)10-8-6-5-7-9-10/h5-9H,3-4H2,1-2H3,(H2,16,17,18,19). The van der Waals surface area contributed by atoms with Gasteiger partial charge in [0.25, 0.3) is 0 Å². The molecule has 2 aromatic rings. The van der Waals surface area contributed by atoms with Crippen molar-refractivity contribution in [1.82, 2.24) is 15.0 Å². The lowest BCUT2D eigenvalue weighted by atomic mass is 10.2. The maximum atomic E-state index is 12.1. The summed E-state index contributed by atoms with van der Waals surface area (Å²) in [4.78, 5) is 36.7. The molecule has 0 fully saturated rings. The molecule has 0 radical (unpaired) electrons. The van der Waals surface area contributed by atoms with Crippen LogP contribution >= 0.6 is 0 Å². The summed E-state index contributed by atoms with van der Waals surface area (Å²) < 4.78 is 9.71. The minimum Gasteiger partial charge on any atom is -0.449 e. The van der Waals surface area contributed by atoms with E-state index in [0.29, 0.717) is 10.5 Å². The first kappa shape index (κ1) is 17.1. The molecular weight excluding hydrogens is 314 g/mol. The molecule has 1 aromatic heterocycles. The number of amides is 2. The van der Waals surface area contributed by atoms with Crippen molar-refractivity contribution in [2.24, 2.45) is 0 Å². The summed E-state index contributed by atoms with van der Waals surface area (Å²) in [5.74, 6) is -0.188. The van der Waals surface area contributed by atoms with Crippen LogP contribution in [0.15, 0.2) is 30.3 Å². The van der Waals surface area contributed by atoms with Gasteiger partial charge in [0.05, 0.1) is 13.2 Å². The molecule has 24 heavy (non-hydrogen) atoms. The molecule has 2 N–H and O–H groups in total. The van der Waals surface area contributed by atoms with Crippen molar-refractivity contribution in [2.75, 3.05) is 23.8 Å². The highest BCUT2D eigenvalue weighted by atomic mass is 16.6. The minimum absolute atomic E-state index is 0.0703. The fourth-order valence-electron chi connectivity index (χ4n) is 1.81. The molecule has 1 heterocycles. The third-order valence-electron chi connectivity index (χ3n) is 2.77. The molecule has 0 aliphatic rings. The van der Waals surface area contributed by atoms with Crippen LogP contribution in [0.1, 0.15) is 13.8 Å². The van der Waals surface area contributed by atoms with Crippen molar-refractivity contribution < 1.29 is 19.1 Å². The maximum absolute atomic E-state index is 12.1. The lowest BCUT2D eigenvalue weighted by Crippen LogP contribution is -2.39. The first-order chi connectivity index (χ1) is 11.6. The molecule has 0 aliphatic heterocycles. The summed E-state index contributed by atoms with van der Waals surface area (Å²) in [6.45, 7) is 3.36. The largest absolute Gasteiger partial charge is 0.449 e. The van der Waals surface area contributed by atoms with E-state index in [2.05, 4.69) is 15.0 Å². The van der Waals surface area contributed by atoms with Crippen LogP contribution in [-0.4, -0.2) is 40.4 Å². The van der Waals surface area contributed by atoms with Gasteiger partial charge < -0.3 is 15.2 Å². The summed E-state index contributed by atoms with van der Waals surface area (Å²) >= 11 is 0. The Morgan fingerprint density at radius 3 is 2.12 bits per heavy atom. The smallest absolute Gasteiger partial charge is 0.426 e. The van der Waals surface area contributed by atoms with E-state index >= 15 is 0 Å². The van der Waals surface area contributed by atoms with Crippen LogP contribution in [0, 0.1) is 0 Å². The average molecular weight is 331 g/mol. The van der Waals surface area contributed by atoms with E-state index in [-0.39, 0.29) is 30.9 Å². The number of hydrogen-bond donors (Lipinski definition) is 1. The van der Waals surface area contributed by atoms with E-state index in [1.165, 1.54) is 0 Å². The number of nitrogens with two attached hydrogens (primary N) is 1. The van der Waals surface area contributed by atoms with E-state index < -0.39 is 12.2 Å². The molecule has 2 amide bonds. The molecule has 9 nitrogen and oxygen atoms in total. The number of rotatable bonds is 4. The fourth-order valence-corrected chi connectivity index (χ4v) is 1.81. The molecule has 0 aliphatic carbocycles. The third-order valence-corrected chi connectivity index (χ3v) is 2.77. The molecule has 9 heteroatoms. The predicted molar refractivity (Wildman–Crippen MR) is 86.2 cm³/mol. The van der Waals surface area contributed by atoms with Crippen molar-refractivity contribution >= 4 is 24.1 Å². The molecule has 0 bridgehead atoms. The highest BCUT2D eigenvalue weighted by Crippen LogP contribution is 2.19. The number of benzene rings is 1. The number of aromatic nitrogens is 3. The van der Waals surface area contributed by atoms with Gasteiger partial charge in [-0.05, 0) is 13.8 Å². The molecular formula is C15H17N5O4. The van der Waals surface area contributed by atoms with Crippen molar-refractivity contribution in [3.8, 4) is 11.4 Å². The first-order valence-electron chi connectivity index (χ1n) is 7.27. The van der Waals surface area contributed by atoms with Gasteiger partial charge in [-0.3, -0.25) is 0 Å². The quantitative estimate of drug-likeness (QED) is 0.905. The van der Waals surface area contributed by atoms with Gasteiger partial charge in [-0.2, -0.15) is 15.0 Å². The van der Waals surface area contributed by atoms with E-state index in [1.807, 2.05) is 6.07 Å². The van der Waals surface area contributed by atoms with Gasteiger partial charge in [-0.15, -0.1) is 4.90 Å². The van der Waals surface area contributed by atoms with Gasteiger partial charge in [-0.1, -0.05) is 30.3 Å². The normalized spacial score (nSPS) is 10.1. The van der Waals surface area contributed by atoms with Gasteiger partial charge in [0, 0.05) is 5.56 Å². The highest BCUT2D eigenvalue weighted by Gasteiger charge is 2.30. The van der Waals surface area contributed by atoms with Gasteiger partial charge in [0.15, 0.2) is 5.82 Å². The summed E-state index contributed by atoms with van der Waals surface area (Å²) in [6, 6.07) is 8.95. The highest BCUT2D eigenvalue weighted by molar-refractivity contribution is 6.08. The van der Waals surface area contributed by atoms with E-state index in [0.717, 1.165) is 0 Å². The lowest BCUT2D eigenvalue weighted by Gasteiger charge is -2.17. The number of nitrogens with zero attached hydrogens (tertiary/aromatic N) is 4. The van der Waals surface area contributed by atoms with Crippen LogP contribution in [-0.2, 0) is 9.47 Å². The summed E-state index contributed by atoms with van der Waals surface area (Å²) in [5, 5.41) is 0. The average Bonchev–Trinajstić information content (AvgIpc) is 2.56. The maximum Gasteiger partial charge on any atom is 0.426 e. The number of carbonyl (C=O) groups is 2. The zero-order chi connectivity index (χ0) is 17.5. The Morgan fingerprint density at radius 1 is 1.00 bits per heavy atom. The van der Waals surface area contributed by atoms with Crippen LogP contribution in [0.5, 0.6) is 0 Å². The molecule has 0 atom stereocenters. The predicted octanol–water partition coefficient (Wildman–Crippen LogP) is 2.24. The number of anilines is 2. The molecule has 126 valence electrons. The Balaban J connectivity index is 2.47. The monoisotopic (exact) mass is 331 g/mol. The van der Waals surface area contributed by atoms with Crippen LogP contribution in [0.4, 0.5) is 21.5 Å². The second-order valence-corrected chi connectivity index (χ2v) is 4.42. The molecule has 1 aromatic carbocycles. The zero-order valence-electron chi connectivity index (χ0n) is 13.3. The Hall–Kier alpha value is -3.23. The second-order valence-electron chi connectivity index (χ2n) is 4.42. The van der Waals surface area contributed by atoms with Crippen LogP contribution in [0.2, 0.25) is 0 Å². The van der Waals surface area contributed by atoms with Crippen LogP contribution in [0.3, 0.4) is 0 Å². The summed E-state index contributed by atoms with van der Waals surface area (Å²) in [5.41, 5.74) is 6.34. The molecule has 0 unspecified atom stereocenters. The van der Waals surface area contributed by atoms with Gasteiger partial charge in [0.1, 0.15) is 0 Å². The second kappa shape index (κ2) is 7.86. The van der Waals surface area contributed by atoms with Gasteiger partial charge in [0.2, 0.25) is 11.9 Å². The van der Waals surface area contributed by atoms with Crippen molar-refractivity contribution in [3.05, 3.63) is 30.3 Å². The Bertz CT molecular complexity index is 705. The van der Waals surface area contributed by atoms with Gasteiger partial charge in [-0.25, -0.2) is 9.59 Å². The van der Waals surface area contributed by atoms with Crippen LogP contribution in [0.25, 0.3) is 11.4 Å². The van der Waals surface area contributed by atoms with Crippen molar-refractivity contribution in [2.45, 2.75) is 13.8 Å². The van der Waals surface area contributed by atoms with Crippen molar-refractivity contribution in [1.29, 1.82) is 0 Å². The Kier molecular flexibility index (Phi) is 5.61. The molecule has 0 spiro atoms. The molecule has 2 rings (SSSR count). The van der Waals surface area contributed by atoms with Gasteiger partial charge >= 0.3 is 12.2 Å². The third kappa shape index (κ3) is 3.94. The fraction of sp³-hybridized carbons (Fsp3) is 0.267. The lowest BCUT2D eigenvalue weighted by molar-refractivity contribution is 0.140. The first-order valence-corrected chi connectivity index (χ1v) is 7.27. The van der Waals surface area contributed by atoms with E-state index in [1.54, 1.807) is 38.1 Å². The number of carbonyl (C=O) groups excluding carboxylic acids is 2.